The lowest BCUT2D eigenvalue weighted by molar-refractivity contribution is 1.29. The van der Waals surface area contributed by atoms with E-state index in [2.05, 4.69) is 205 Å². The Bertz CT molecular complexity index is 2930. The molecular weight excluding hydrogens is 647 g/mol. The summed E-state index contributed by atoms with van der Waals surface area (Å²) in [5, 5.41) is 7.60. The van der Waals surface area contributed by atoms with Crippen LogP contribution in [0.5, 0.6) is 0 Å². The van der Waals surface area contributed by atoms with Gasteiger partial charge in [0.05, 0.1) is 0 Å². The zero-order valence-electron chi connectivity index (χ0n) is 28.4. The summed E-state index contributed by atoms with van der Waals surface area (Å²) in [6.45, 7) is 0. The highest BCUT2D eigenvalue weighted by Crippen LogP contribution is 2.42. The fourth-order valence-corrected chi connectivity index (χ4v) is 8.96. The van der Waals surface area contributed by atoms with E-state index in [1.54, 1.807) is 0 Å². The first-order chi connectivity index (χ1) is 25.8. The summed E-state index contributed by atoms with van der Waals surface area (Å²) in [5.74, 6) is 0. The first-order valence-corrected chi connectivity index (χ1v) is 18.6. The molecule has 0 aliphatic heterocycles. The van der Waals surface area contributed by atoms with Gasteiger partial charge in [0.2, 0.25) is 0 Å². The molecule has 0 fully saturated rings. The van der Waals surface area contributed by atoms with Crippen molar-refractivity contribution in [2.45, 2.75) is 0 Å². The van der Waals surface area contributed by atoms with Gasteiger partial charge in [0.25, 0.3) is 0 Å². The Balaban J connectivity index is 1.10. The van der Waals surface area contributed by atoms with Crippen molar-refractivity contribution < 1.29 is 0 Å². The van der Waals surface area contributed by atoms with Crippen molar-refractivity contribution >= 4 is 70.1 Å². The molecule has 0 aliphatic carbocycles. The van der Waals surface area contributed by atoms with Crippen LogP contribution in [-0.4, -0.2) is 0 Å². The molecule has 0 saturated heterocycles. The van der Waals surface area contributed by atoms with Crippen LogP contribution in [0, 0.1) is 0 Å². The Morgan fingerprint density at radius 3 is 1.69 bits per heavy atom. The van der Waals surface area contributed by atoms with E-state index in [-0.39, 0.29) is 0 Å². The van der Waals surface area contributed by atoms with Gasteiger partial charge in [0.15, 0.2) is 0 Å². The lowest BCUT2D eigenvalue weighted by atomic mass is 9.97. The maximum absolute atomic E-state index is 2.40. The highest BCUT2D eigenvalue weighted by atomic mass is 32.1. The second-order valence-corrected chi connectivity index (χ2v) is 14.4. The number of thiophene rings is 1. The van der Waals surface area contributed by atoms with Crippen LogP contribution < -0.4 is 4.90 Å². The number of nitrogens with zero attached hydrogens (tertiary/aromatic N) is 1. The summed E-state index contributed by atoms with van der Waals surface area (Å²) < 4.78 is 2.66. The molecule has 52 heavy (non-hydrogen) atoms. The summed E-state index contributed by atoms with van der Waals surface area (Å²) >= 11 is 1.88. The standard InChI is InChI=1S/C50H33NS/c1-2-14-37-31-43(29-28-34(37)12-1)51(42-21-9-19-40(33-42)45-24-10-15-35-13-3-4-22-44(35)45)41-20-8-17-38(32-41)36-16-7-18-39(30-36)46-25-11-26-48-47-23-5-6-27-49(47)52-50(46)48/h1-33H. The lowest BCUT2D eigenvalue weighted by Gasteiger charge is -2.27. The maximum Gasteiger partial charge on any atom is 0.0468 e. The number of anilines is 3. The fraction of sp³-hybridized carbons (Fsp3) is 0. The van der Waals surface area contributed by atoms with Crippen molar-refractivity contribution in [1.82, 2.24) is 0 Å². The number of rotatable bonds is 6. The number of benzene rings is 9. The third kappa shape index (κ3) is 5.33. The van der Waals surface area contributed by atoms with Crippen LogP contribution in [0.3, 0.4) is 0 Å². The minimum absolute atomic E-state index is 1.11. The van der Waals surface area contributed by atoms with Crippen molar-refractivity contribution in [3.63, 3.8) is 0 Å². The van der Waals surface area contributed by atoms with E-state index in [0.717, 1.165) is 17.1 Å². The second kappa shape index (κ2) is 12.7. The highest BCUT2D eigenvalue weighted by molar-refractivity contribution is 7.26. The summed E-state index contributed by atoms with van der Waals surface area (Å²) in [7, 11) is 0. The average Bonchev–Trinajstić information content (AvgIpc) is 3.60. The summed E-state index contributed by atoms with van der Waals surface area (Å²) in [6, 6.07) is 73.0. The summed E-state index contributed by atoms with van der Waals surface area (Å²) in [6.07, 6.45) is 0. The third-order valence-electron chi connectivity index (χ3n) is 10.2. The molecule has 1 nitrogen and oxygen atoms in total. The molecule has 10 aromatic rings. The predicted molar refractivity (Wildman–Crippen MR) is 225 cm³/mol. The molecule has 1 heterocycles. The molecule has 0 amide bonds. The topological polar surface area (TPSA) is 3.24 Å². The van der Waals surface area contributed by atoms with Crippen LogP contribution >= 0.6 is 11.3 Å². The van der Waals surface area contributed by atoms with Gasteiger partial charge in [-0.3, -0.25) is 0 Å². The van der Waals surface area contributed by atoms with Crippen LogP contribution in [0.4, 0.5) is 17.1 Å². The Morgan fingerprint density at radius 1 is 0.308 bits per heavy atom. The first kappa shape index (κ1) is 30.4. The normalized spacial score (nSPS) is 11.5. The Kier molecular flexibility index (Phi) is 7.41. The van der Waals surface area contributed by atoms with Crippen molar-refractivity contribution in [3.05, 3.63) is 200 Å². The van der Waals surface area contributed by atoms with Crippen molar-refractivity contribution in [3.8, 4) is 33.4 Å². The quantitative estimate of drug-likeness (QED) is 0.169. The van der Waals surface area contributed by atoms with Crippen LogP contribution in [0.1, 0.15) is 0 Å². The lowest BCUT2D eigenvalue weighted by Crippen LogP contribution is -2.10. The van der Waals surface area contributed by atoms with E-state index >= 15 is 0 Å². The minimum atomic E-state index is 1.11. The molecule has 0 N–H and O–H groups in total. The number of hydrogen-bond acceptors (Lipinski definition) is 2. The minimum Gasteiger partial charge on any atom is -0.310 e. The summed E-state index contributed by atoms with van der Waals surface area (Å²) in [4.78, 5) is 2.40. The van der Waals surface area contributed by atoms with Gasteiger partial charge in [-0.2, -0.15) is 0 Å². The van der Waals surface area contributed by atoms with Gasteiger partial charge in [-0.05, 0) is 103 Å². The van der Waals surface area contributed by atoms with E-state index in [1.165, 1.54) is 75.1 Å². The van der Waals surface area contributed by atoms with Gasteiger partial charge < -0.3 is 4.90 Å². The molecule has 244 valence electrons. The zero-order chi connectivity index (χ0) is 34.4. The molecule has 0 bridgehead atoms. The molecular formula is C50H33NS. The molecule has 1 aromatic heterocycles. The maximum atomic E-state index is 2.40. The van der Waals surface area contributed by atoms with Gasteiger partial charge in [-0.15, -0.1) is 11.3 Å². The third-order valence-corrected chi connectivity index (χ3v) is 11.4. The second-order valence-electron chi connectivity index (χ2n) is 13.4. The van der Waals surface area contributed by atoms with Crippen molar-refractivity contribution in [2.75, 3.05) is 4.90 Å². The van der Waals surface area contributed by atoms with Crippen LogP contribution in [-0.2, 0) is 0 Å². The van der Waals surface area contributed by atoms with Gasteiger partial charge in [0, 0.05) is 37.2 Å². The Morgan fingerprint density at radius 2 is 0.846 bits per heavy atom. The molecule has 0 radical (unpaired) electrons. The number of fused-ring (bicyclic) bond motifs is 5. The van der Waals surface area contributed by atoms with Crippen LogP contribution in [0.25, 0.3) is 75.1 Å². The largest absolute Gasteiger partial charge is 0.310 e. The molecule has 0 unspecified atom stereocenters. The molecule has 9 aromatic carbocycles. The molecule has 0 atom stereocenters. The molecule has 0 saturated carbocycles. The first-order valence-electron chi connectivity index (χ1n) is 17.8. The van der Waals surface area contributed by atoms with Gasteiger partial charge in [0.1, 0.15) is 0 Å². The summed E-state index contributed by atoms with van der Waals surface area (Å²) in [5.41, 5.74) is 10.7. The predicted octanol–water partition coefficient (Wildman–Crippen LogP) is 14.8. The van der Waals surface area contributed by atoms with Crippen molar-refractivity contribution in [2.24, 2.45) is 0 Å². The van der Waals surface area contributed by atoms with Gasteiger partial charge in [-0.1, -0.05) is 152 Å². The Hall–Kier alpha value is -6.48. The van der Waals surface area contributed by atoms with E-state index in [1.807, 2.05) is 11.3 Å². The monoisotopic (exact) mass is 679 g/mol. The number of hydrogen-bond donors (Lipinski definition) is 0. The molecule has 10 rings (SSSR count). The van der Waals surface area contributed by atoms with E-state index < -0.39 is 0 Å². The molecule has 0 spiro atoms. The van der Waals surface area contributed by atoms with Crippen LogP contribution in [0.2, 0.25) is 0 Å². The Labute approximate surface area is 307 Å². The smallest absolute Gasteiger partial charge is 0.0468 e. The molecule has 2 heteroatoms. The van der Waals surface area contributed by atoms with Crippen LogP contribution in [0.15, 0.2) is 200 Å². The SMILES string of the molecule is c1cc(-c2cccc(N(c3cccc(-c4cccc5ccccc45)c3)c3ccc4ccccc4c3)c2)cc(-c2cccc3c2sc2ccccc23)c1. The van der Waals surface area contributed by atoms with Crippen molar-refractivity contribution in [1.29, 1.82) is 0 Å². The highest BCUT2D eigenvalue weighted by Gasteiger charge is 2.17. The van der Waals surface area contributed by atoms with Gasteiger partial charge >= 0.3 is 0 Å². The van der Waals surface area contributed by atoms with Gasteiger partial charge in [-0.25, -0.2) is 0 Å². The molecule has 0 aliphatic rings. The van der Waals surface area contributed by atoms with E-state index in [4.69, 9.17) is 0 Å². The van der Waals surface area contributed by atoms with E-state index in [9.17, 15) is 0 Å². The zero-order valence-corrected chi connectivity index (χ0v) is 29.2. The fourth-order valence-electron chi connectivity index (χ4n) is 7.72. The van der Waals surface area contributed by atoms with E-state index in [0.29, 0.717) is 0 Å². The average molecular weight is 680 g/mol.